The zero-order valence-corrected chi connectivity index (χ0v) is 14.3. The maximum atomic E-state index is 13.0. The van der Waals surface area contributed by atoms with Gasteiger partial charge in [0.05, 0.1) is 29.2 Å². The van der Waals surface area contributed by atoms with Crippen LogP contribution in [0.1, 0.15) is 25.3 Å². The van der Waals surface area contributed by atoms with Gasteiger partial charge >= 0.3 is 12.1 Å². The molecule has 144 valence electrons. The molecule has 0 unspecified atom stereocenters. The number of hydrogen-bond acceptors (Lipinski definition) is 5. The number of nitrogens with zero attached hydrogens (tertiary/aromatic N) is 1. The third-order valence-electron chi connectivity index (χ3n) is 5.51. The summed E-state index contributed by atoms with van der Waals surface area (Å²) in [7, 11) is 0. The lowest BCUT2D eigenvalue weighted by atomic mass is 9.73. The second kappa shape index (κ2) is 5.79. The Kier molecular flexibility index (Phi) is 3.85. The minimum atomic E-state index is -4.59. The van der Waals surface area contributed by atoms with Gasteiger partial charge < -0.3 is 9.47 Å². The molecule has 27 heavy (non-hydrogen) atoms. The van der Waals surface area contributed by atoms with E-state index in [0.717, 1.165) is 23.1 Å². The molecule has 1 aromatic carbocycles. The Morgan fingerprint density at radius 2 is 2.07 bits per heavy atom. The van der Waals surface area contributed by atoms with Crippen molar-refractivity contribution in [3.05, 3.63) is 29.8 Å². The fourth-order valence-corrected chi connectivity index (χ4v) is 4.40. The summed E-state index contributed by atoms with van der Waals surface area (Å²) < 4.78 is 49.9. The number of amides is 2. The number of anilines is 1. The SMILES string of the molecule is CC(=O)OC[C@@]12CC[C@@H](O1)[C@H]1C(=O)N(c3cccc(C(F)(F)F)c3)C(=O)[C@H]12. The van der Waals surface area contributed by atoms with Crippen LogP contribution in [0.25, 0.3) is 0 Å². The lowest BCUT2D eigenvalue weighted by Gasteiger charge is -2.30. The predicted molar refractivity (Wildman–Crippen MR) is 84.4 cm³/mol. The van der Waals surface area contributed by atoms with E-state index in [9.17, 15) is 27.6 Å². The molecule has 0 saturated carbocycles. The summed E-state index contributed by atoms with van der Waals surface area (Å²) in [6.45, 7) is 1.07. The fraction of sp³-hybridized carbons (Fsp3) is 0.500. The highest BCUT2D eigenvalue weighted by Gasteiger charge is 2.70. The van der Waals surface area contributed by atoms with Gasteiger partial charge in [0, 0.05) is 6.92 Å². The van der Waals surface area contributed by atoms with Crippen LogP contribution in [0.3, 0.4) is 0 Å². The molecule has 1 aromatic rings. The maximum Gasteiger partial charge on any atom is 0.416 e. The highest BCUT2D eigenvalue weighted by Crippen LogP contribution is 2.56. The number of carbonyl (C=O) groups excluding carboxylic acids is 3. The summed E-state index contributed by atoms with van der Waals surface area (Å²) in [5, 5.41) is 0. The van der Waals surface area contributed by atoms with E-state index in [-0.39, 0.29) is 12.3 Å². The molecule has 0 N–H and O–H groups in total. The molecule has 0 aromatic heterocycles. The van der Waals surface area contributed by atoms with Crippen LogP contribution in [0.2, 0.25) is 0 Å². The zero-order valence-electron chi connectivity index (χ0n) is 14.3. The van der Waals surface area contributed by atoms with Crippen molar-refractivity contribution < 1.29 is 37.0 Å². The number of esters is 1. The standard InChI is InChI=1S/C18H16F3NO5/c1-9(23)26-8-17-6-5-12(27-17)13-14(17)16(25)22(15(13)24)11-4-2-3-10(7-11)18(19,20)21/h2-4,7,12-14H,5-6,8H2,1H3/t12-,13-,14+,17-/m1/s1. The summed E-state index contributed by atoms with van der Waals surface area (Å²) in [5.74, 6) is -3.35. The Morgan fingerprint density at radius 3 is 2.74 bits per heavy atom. The molecular weight excluding hydrogens is 367 g/mol. The van der Waals surface area contributed by atoms with Crippen molar-refractivity contribution in [1.29, 1.82) is 0 Å². The normalized spacial score (nSPS) is 32.1. The summed E-state index contributed by atoms with van der Waals surface area (Å²) in [5.41, 5.74) is -2.15. The van der Waals surface area contributed by atoms with Crippen molar-refractivity contribution in [3.8, 4) is 0 Å². The molecule has 3 aliphatic heterocycles. The Hall–Kier alpha value is -2.42. The minimum Gasteiger partial charge on any atom is -0.463 e. The van der Waals surface area contributed by atoms with Crippen LogP contribution in [-0.2, 0) is 30.0 Å². The highest BCUT2D eigenvalue weighted by molar-refractivity contribution is 6.23. The average molecular weight is 383 g/mol. The molecule has 2 amide bonds. The monoisotopic (exact) mass is 383 g/mol. The van der Waals surface area contributed by atoms with Crippen molar-refractivity contribution in [3.63, 3.8) is 0 Å². The van der Waals surface area contributed by atoms with E-state index in [2.05, 4.69) is 0 Å². The van der Waals surface area contributed by atoms with Gasteiger partial charge in [-0.2, -0.15) is 13.2 Å². The molecule has 4 atom stereocenters. The van der Waals surface area contributed by atoms with Gasteiger partial charge in [-0.25, -0.2) is 4.90 Å². The van der Waals surface area contributed by atoms with Crippen LogP contribution >= 0.6 is 0 Å². The van der Waals surface area contributed by atoms with Crippen LogP contribution in [0.5, 0.6) is 0 Å². The van der Waals surface area contributed by atoms with Gasteiger partial charge in [0.2, 0.25) is 11.8 Å². The maximum absolute atomic E-state index is 13.0. The molecule has 0 aliphatic carbocycles. The van der Waals surface area contributed by atoms with E-state index in [1.54, 1.807) is 0 Å². The fourth-order valence-electron chi connectivity index (χ4n) is 4.40. The Bertz CT molecular complexity index is 839. The van der Waals surface area contributed by atoms with Gasteiger partial charge in [-0.15, -0.1) is 0 Å². The van der Waals surface area contributed by atoms with Crippen molar-refractivity contribution >= 4 is 23.5 Å². The first-order valence-corrected chi connectivity index (χ1v) is 8.50. The number of alkyl halides is 3. The number of ether oxygens (including phenoxy) is 2. The van der Waals surface area contributed by atoms with E-state index in [1.807, 2.05) is 0 Å². The van der Waals surface area contributed by atoms with Crippen LogP contribution in [-0.4, -0.2) is 36.1 Å². The van der Waals surface area contributed by atoms with Crippen molar-refractivity contribution in [1.82, 2.24) is 0 Å². The Morgan fingerprint density at radius 1 is 1.33 bits per heavy atom. The lowest BCUT2D eigenvalue weighted by molar-refractivity contribution is -0.153. The Labute approximate surface area is 152 Å². The van der Waals surface area contributed by atoms with Gasteiger partial charge in [-0.05, 0) is 31.0 Å². The first kappa shape index (κ1) is 18.0. The predicted octanol–water partition coefficient (Wildman–Crippen LogP) is 2.31. The van der Waals surface area contributed by atoms with Gasteiger partial charge in [-0.3, -0.25) is 14.4 Å². The molecule has 3 aliphatic rings. The first-order chi connectivity index (χ1) is 12.6. The average Bonchev–Trinajstić information content (AvgIpc) is 3.23. The number of hydrogen-bond donors (Lipinski definition) is 0. The molecular formula is C18H16F3NO5. The third kappa shape index (κ3) is 2.63. The molecule has 4 rings (SSSR count). The topological polar surface area (TPSA) is 72.9 Å². The smallest absolute Gasteiger partial charge is 0.416 e. The number of fused-ring (bicyclic) bond motifs is 5. The number of carbonyl (C=O) groups is 3. The number of rotatable bonds is 3. The molecule has 2 bridgehead atoms. The minimum absolute atomic E-state index is 0.115. The van der Waals surface area contributed by atoms with Crippen molar-refractivity contribution in [2.45, 2.75) is 37.6 Å². The number of halogens is 3. The van der Waals surface area contributed by atoms with Crippen LogP contribution in [0.15, 0.2) is 24.3 Å². The van der Waals surface area contributed by atoms with Crippen LogP contribution in [0.4, 0.5) is 18.9 Å². The number of benzene rings is 1. The first-order valence-electron chi connectivity index (χ1n) is 8.50. The van der Waals surface area contributed by atoms with Gasteiger partial charge in [0.15, 0.2) is 0 Å². The molecule has 0 radical (unpaired) electrons. The lowest BCUT2D eigenvalue weighted by Crippen LogP contribution is -2.45. The zero-order chi connectivity index (χ0) is 19.6. The summed E-state index contributed by atoms with van der Waals surface area (Å²) in [4.78, 5) is 37.9. The van der Waals surface area contributed by atoms with Crippen LogP contribution < -0.4 is 4.90 Å². The van der Waals surface area contributed by atoms with E-state index in [4.69, 9.17) is 9.47 Å². The van der Waals surface area contributed by atoms with E-state index in [1.165, 1.54) is 13.0 Å². The Balaban J connectivity index is 1.68. The van der Waals surface area contributed by atoms with Gasteiger partial charge in [0.1, 0.15) is 12.2 Å². The second-order valence-corrected chi connectivity index (χ2v) is 7.10. The van der Waals surface area contributed by atoms with Crippen molar-refractivity contribution in [2.24, 2.45) is 11.8 Å². The largest absolute Gasteiger partial charge is 0.463 e. The number of imide groups is 1. The highest BCUT2D eigenvalue weighted by atomic mass is 19.4. The molecule has 3 heterocycles. The second-order valence-electron chi connectivity index (χ2n) is 7.10. The summed E-state index contributed by atoms with van der Waals surface area (Å²) in [6, 6.07) is 4.13. The van der Waals surface area contributed by atoms with E-state index >= 15 is 0 Å². The third-order valence-corrected chi connectivity index (χ3v) is 5.51. The van der Waals surface area contributed by atoms with Crippen molar-refractivity contribution in [2.75, 3.05) is 11.5 Å². The molecule has 3 saturated heterocycles. The summed E-state index contributed by atoms with van der Waals surface area (Å²) in [6.07, 6.45) is -4.12. The molecule has 0 spiro atoms. The van der Waals surface area contributed by atoms with Gasteiger partial charge in [-0.1, -0.05) is 6.07 Å². The van der Waals surface area contributed by atoms with E-state index in [0.29, 0.717) is 12.8 Å². The quantitative estimate of drug-likeness (QED) is 0.592. The molecule has 3 fully saturated rings. The van der Waals surface area contributed by atoms with E-state index < -0.39 is 53.1 Å². The summed E-state index contributed by atoms with van der Waals surface area (Å²) >= 11 is 0. The molecule has 9 heteroatoms. The molecule has 6 nitrogen and oxygen atoms in total. The van der Waals surface area contributed by atoms with Gasteiger partial charge in [0.25, 0.3) is 0 Å². The van der Waals surface area contributed by atoms with Crippen LogP contribution in [0, 0.1) is 11.8 Å².